The Hall–Kier alpha value is -1.60. The molecule has 2 N–H and O–H groups in total. The first-order valence-corrected chi connectivity index (χ1v) is 10.5. The van der Waals surface area contributed by atoms with Gasteiger partial charge in [0.05, 0.1) is 14.2 Å². The van der Waals surface area contributed by atoms with Crippen LogP contribution in [0.25, 0.3) is 0 Å². The van der Waals surface area contributed by atoms with E-state index >= 15 is 0 Å². The van der Waals surface area contributed by atoms with Gasteiger partial charge in [0.25, 0.3) is 0 Å². The molecule has 2 atom stereocenters. The lowest BCUT2D eigenvalue weighted by Crippen LogP contribution is -2.24. The molecule has 30 heavy (non-hydrogen) atoms. The summed E-state index contributed by atoms with van der Waals surface area (Å²) in [5.74, 6) is 0.0253. The van der Waals surface area contributed by atoms with Gasteiger partial charge in [0, 0.05) is 7.14 Å². The quantitative estimate of drug-likeness (QED) is 0.375. The summed E-state index contributed by atoms with van der Waals surface area (Å²) in [4.78, 5) is 21.1. The molecule has 7 nitrogen and oxygen atoms in total. The third-order valence-electron chi connectivity index (χ3n) is 3.03. The van der Waals surface area contributed by atoms with E-state index in [1.54, 1.807) is 19.1 Å². The second-order valence-electron chi connectivity index (χ2n) is 5.41. The Bertz CT molecular complexity index is 711. The van der Waals surface area contributed by atoms with Crippen LogP contribution in [0.2, 0.25) is 0 Å². The number of carbonyl (C=O) groups is 2. The Balaban J connectivity index is 0. The van der Waals surface area contributed by atoms with Gasteiger partial charge in [-0.2, -0.15) is 0 Å². The highest BCUT2D eigenvalue weighted by Gasteiger charge is 2.14. The van der Waals surface area contributed by atoms with Crippen LogP contribution >= 0.6 is 45.2 Å². The Morgan fingerprint density at radius 2 is 1.23 bits per heavy atom. The van der Waals surface area contributed by atoms with Crippen molar-refractivity contribution in [3.8, 4) is 11.5 Å². The molecule has 2 aromatic rings. The summed E-state index contributed by atoms with van der Waals surface area (Å²) in [6, 6.07) is 14.5. The van der Waals surface area contributed by atoms with Crippen LogP contribution in [0.5, 0.6) is 11.5 Å². The minimum atomic E-state index is -0.995. The number of hydrogen-bond acceptors (Lipinski definition) is 7. The topological polar surface area (TPSA) is 102 Å². The zero-order chi connectivity index (χ0) is 22.4. The van der Waals surface area contributed by atoms with E-state index in [2.05, 4.69) is 54.7 Å². The number of phenolic OH excluding ortho intramolecular Hbond substituents is 1. The van der Waals surface area contributed by atoms with Gasteiger partial charge >= 0.3 is 11.9 Å². The summed E-state index contributed by atoms with van der Waals surface area (Å²) in [5.41, 5.74) is 0. The van der Waals surface area contributed by atoms with Gasteiger partial charge in [0.2, 0.25) is 0 Å². The number of benzene rings is 2. The van der Waals surface area contributed by atoms with Crippen LogP contribution in [0.4, 0.5) is 0 Å². The van der Waals surface area contributed by atoms with Gasteiger partial charge in [-0.15, -0.1) is 0 Å². The van der Waals surface area contributed by atoms with Gasteiger partial charge in [-0.05, 0) is 108 Å². The van der Waals surface area contributed by atoms with E-state index in [1.807, 2.05) is 36.4 Å². The van der Waals surface area contributed by atoms with E-state index in [4.69, 9.17) is 14.9 Å². The molecule has 0 saturated heterocycles. The molecule has 2 rings (SSSR count). The number of halogens is 2. The summed E-state index contributed by atoms with van der Waals surface area (Å²) in [5, 5.41) is 17.1. The van der Waals surface area contributed by atoms with Crippen LogP contribution in [-0.2, 0) is 19.1 Å². The number of rotatable bonds is 4. The van der Waals surface area contributed by atoms with E-state index in [-0.39, 0.29) is 13.4 Å². The number of hydrogen-bond donors (Lipinski definition) is 2. The molecule has 168 valence electrons. The molecular formula is C21H28I2O7. The van der Waals surface area contributed by atoms with Crippen molar-refractivity contribution in [1.82, 2.24) is 0 Å². The van der Waals surface area contributed by atoms with E-state index in [0.717, 1.165) is 7.14 Å². The van der Waals surface area contributed by atoms with Gasteiger partial charge in [0.15, 0.2) is 6.10 Å². The molecule has 0 aliphatic carbocycles. The van der Waals surface area contributed by atoms with Crippen molar-refractivity contribution < 1.29 is 34.0 Å². The van der Waals surface area contributed by atoms with Crippen molar-refractivity contribution >= 4 is 57.1 Å². The van der Waals surface area contributed by atoms with Crippen LogP contribution in [0.15, 0.2) is 48.5 Å². The van der Waals surface area contributed by atoms with Gasteiger partial charge in [-0.1, -0.05) is 7.43 Å². The fourth-order valence-corrected chi connectivity index (χ4v) is 2.26. The average molecular weight is 646 g/mol. The lowest BCUT2D eigenvalue weighted by Gasteiger charge is -2.11. The Morgan fingerprint density at radius 3 is 1.53 bits per heavy atom. The van der Waals surface area contributed by atoms with Crippen LogP contribution in [0, 0.1) is 7.14 Å². The molecule has 0 aliphatic heterocycles. The summed E-state index contributed by atoms with van der Waals surface area (Å²) >= 11 is 4.39. The minimum Gasteiger partial charge on any atom is -0.508 e. The number of aliphatic hydroxyl groups excluding tert-OH is 1. The molecule has 0 aliphatic rings. The fourth-order valence-electron chi connectivity index (χ4n) is 1.54. The number of aromatic hydroxyl groups is 1. The molecule has 0 saturated carbocycles. The molecule has 0 spiro atoms. The molecule has 0 bridgehead atoms. The molecular weight excluding hydrogens is 618 g/mol. The normalized spacial score (nSPS) is 11.0. The van der Waals surface area contributed by atoms with Crippen molar-refractivity contribution in [3.05, 3.63) is 55.7 Å². The van der Waals surface area contributed by atoms with Crippen LogP contribution < -0.4 is 4.74 Å². The predicted molar refractivity (Wildman–Crippen MR) is 133 cm³/mol. The number of phenols is 1. The molecule has 2 aromatic carbocycles. The second-order valence-corrected chi connectivity index (χ2v) is 7.90. The average Bonchev–Trinajstić information content (AvgIpc) is 2.71. The van der Waals surface area contributed by atoms with Crippen LogP contribution in [-0.4, -0.2) is 48.6 Å². The number of aliphatic hydroxyl groups is 1. The Labute approximate surface area is 205 Å². The first-order chi connectivity index (χ1) is 13.6. The Morgan fingerprint density at radius 1 is 0.833 bits per heavy atom. The molecule has 0 fully saturated rings. The second kappa shape index (κ2) is 17.1. The molecule has 9 heteroatoms. The third-order valence-corrected chi connectivity index (χ3v) is 4.47. The number of carbonyl (C=O) groups excluding carboxylic acids is 2. The minimum absolute atomic E-state index is 0. The highest BCUT2D eigenvalue weighted by molar-refractivity contribution is 14.1. The Kier molecular flexibility index (Phi) is 17.5. The zero-order valence-corrected chi connectivity index (χ0v) is 20.8. The zero-order valence-electron chi connectivity index (χ0n) is 16.5. The van der Waals surface area contributed by atoms with Crippen molar-refractivity contribution in [3.63, 3.8) is 0 Å². The van der Waals surface area contributed by atoms with Crippen LogP contribution in [0.1, 0.15) is 21.3 Å². The van der Waals surface area contributed by atoms with E-state index in [1.165, 1.54) is 21.1 Å². The predicted octanol–water partition coefficient (Wildman–Crippen LogP) is 4.40. The summed E-state index contributed by atoms with van der Waals surface area (Å²) < 4.78 is 16.3. The molecule has 0 amide bonds. The summed E-state index contributed by atoms with van der Waals surface area (Å²) in [6.45, 7) is 3.01. The van der Waals surface area contributed by atoms with Gasteiger partial charge in [-0.25, -0.2) is 9.59 Å². The first kappa shape index (κ1) is 30.6. The van der Waals surface area contributed by atoms with E-state index in [0.29, 0.717) is 11.5 Å². The smallest absolute Gasteiger partial charge is 0.346 e. The number of methoxy groups -OCH3 is 2. The van der Waals surface area contributed by atoms with Gasteiger partial charge < -0.3 is 24.4 Å². The van der Waals surface area contributed by atoms with Gasteiger partial charge in [0.1, 0.15) is 17.6 Å². The van der Waals surface area contributed by atoms with Crippen molar-refractivity contribution in [2.45, 2.75) is 33.5 Å². The van der Waals surface area contributed by atoms with E-state index < -0.39 is 18.2 Å². The number of ether oxygens (including phenoxy) is 3. The molecule has 0 unspecified atom stereocenters. The highest BCUT2D eigenvalue weighted by Crippen LogP contribution is 2.15. The van der Waals surface area contributed by atoms with E-state index in [9.17, 15) is 9.59 Å². The molecule has 0 aromatic heterocycles. The van der Waals surface area contributed by atoms with Crippen molar-refractivity contribution in [1.29, 1.82) is 0 Å². The fraction of sp³-hybridized carbons (Fsp3) is 0.333. The van der Waals surface area contributed by atoms with Crippen LogP contribution in [0.3, 0.4) is 0 Å². The standard InChI is InChI=1S/C10H11IO3.C6H5IO.C4H8O3.CH4/c1-7(10(12)13-2)14-9-5-3-8(11)4-6-9;7-5-1-3-6(8)4-2-5;1-3(5)4(6)7-2;/h3-7H,1-2H3;1-4,8H;3,5H,1-2H3;1H4/t7-;;3-;/m0.1./s1. The van der Waals surface area contributed by atoms with Gasteiger partial charge in [-0.3, -0.25) is 0 Å². The lowest BCUT2D eigenvalue weighted by molar-refractivity contribution is -0.149. The first-order valence-electron chi connectivity index (χ1n) is 8.31. The highest BCUT2D eigenvalue weighted by atomic mass is 127. The summed E-state index contributed by atoms with van der Waals surface area (Å²) in [6.07, 6.45) is -1.56. The third kappa shape index (κ3) is 14.4. The molecule has 0 radical (unpaired) electrons. The molecule has 0 heterocycles. The maximum atomic E-state index is 11.0. The SMILES string of the molecule is C.COC(=O)[C@@H](C)O.COC(=O)[C@H](C)Oc1ccc(I)cc1.Oc1ccc(I)cc1. The van der Waals surface area contributed by atoms with Crippen molar-refractivity contribution in [2.24, 2.45) is 0 Å². The maximum Gasteiger partial charge on any atom is 0.346 e. The number of esters is 2. The lowest BCUT2D eigenvalue weighted by atomic mass is 10.3. The monoisotopic (exact) mass is 646 g/mol. The summed E-state index contributed by atoms with van der Waals surface area (Å²) in [7, 11) is 2.57. The largest absolute Gasteiger partial charge is 0.508 e. The maximum absolute atomic E-state index is 11.0. The van der Waals surface area contributed by atoms with Crippen molar-refractivity contribution in [2.75, 3.05) is 14.2 Å².